The number of ether oxygens (including phenoxy) is 1. The van der Waals surface area contributed by atoms with E-state index in [0.717, 1.165) is 42.6 Å². The van der Waals surface area contributed by atoms with Crippen molar-refractivity contribution >= 4 is 41.0 Å². The number of halogens is 2. The highest BCUT2D eigenvalue weighted by Gasteiger charge is 2.34. The Morgan fingerprint density at radius 1 is 0.984 bits per heavy atom. The largest absolute Gasteiger partial charge is 0.477 e. The van der Waals surface area contributed by atoms with Crippen molar-refractivity contribution in [3.63, 3.8) is 0 Å². The first-order chi connectivity index (χ1) is 29.2. The summed E-state index contributed by atoms with van der Waals surface area (Å²) in [7, 11) is 3.65. The summed E-state index contributed by atoms with van der Waals surface area (Å²) in [4.78, 5) is 67.3. The van der Waals surface area contributed by atoms with Gasteiger partial charge in [0.2, 0.25) is 23.7 Å². The molecule has 8 rings (SSSR count). The lowest BCUT2D eigenvalue weighted by atomic mass is 9.89. The van der Waals surface area contributed by atoms with Gasteiger partial charge in [0, 0.05) is 75.1 Å². The van der Waals surface area contributed by atoms with Gasteiger partial charge >= 0.3 is 0 Å². The Labute approximate surface area is 353 Å². The van der Waals surface area contributed by atoms with E-state index in [1.54, 1.807) is 23.0 Å². The summed E-state index contributed by atoms with van der Waals surface area (Å²) in [5.74, 6) is -3.06. The number of guanidine groups is 1. The normalized spacial score (nSPS) is 20.9. The smallest absolute Gasteiger partial charge is 0.280 e. The molecule has 16 heteroatoms. The van der Waals surface area contributed by atoms with Gasteiger partial charge in [0.15, 0.2) is 0 Å². The molecule has 14 nitrogen and oxygen atoms in total. The van der Waals surface area contributed by atoms with Crippen LogP contribution in [0.3, 0.4) is 0 Å². The number of rotatable bonds is 6. The SMILES string of the molecule is Cc1cc2cc(n1)-c1cnn(C)c1OCCC[C@@H](C)CN1/C(=N/C2=O)Nc2cc(C)c(C(=O)N(C)C3CCN(CCc4cc(F)c([C@H]5CCC(=O)NC5=O)c(F)c4)CC3)cc21. The molecule has 2 aromatic carbocycles. The lowest BCUT2D eigenvalue weighted by molar-refractivity contribution is -0.134. The monoisotopic (exact) mass is 835 g/mol. The minimum absolute atomic E-state index is 0.0106. The molecule has 4 amide bonds. The van der Waals surface area contributed by atoms with Gasteiger partial charge in [0.05, 0.1) is 41.4 Å². The first kappa shape index (κ1) is 41.7. The van der Waals surface area contributed by atoms with Crippen LogP contribution < -0.4 is 20.3 Å². The number of carbonyl (C=O) groups excluding carboxylic acids is 4. The van der Waals surface area contributed by atoms with E-state index in [0.29, 0.717) is 84.7 Å². The Hall–Kier alpha value is -6.03. The fourth-order valence-corrected chi connectivity index (χ4v) is 8.95. The average Bonchev–Trinajstić information content (AvgIpc) is 3.75. The number of benzene rings is 2. The number of fused-ring (bicyclic) bond motifs is 7. The van der Waals surface area contributed by atoms with E-state index in [2.05, 4.69) is 37.5 Å². The van der Waals surface area contributed by atoms with Crippen molar-refractivity contribution in [2.24, 2.45) is 18.0 Å². The Morgan fingerprint density at radius 3 is 2.48 bits per heavy atom. The number of piperidine rings is 2. The van der Waals surface area contributed by atoms with Crippen LogP contribution in [0.15, 0.2) is 47.6 Å². The van der Waals surface area contributed by atoms with Crippen LogP contribution >= 0.6 is 0 Å². The number of anilines is 2. The summed E-state index contributed by atoms with van der Waals surface area (Å²) in [6, 6.07) is 9.84. The molecular formula is C45H51F2N9O5. The number of likely N-dealkylation sites (tertiary alicyclic amines) is 1. The van der Waals surface area contributed by atoms with Gasteiger partial charge in [-0.15, -0.1) is 0 Å². The maximum atomic E-state index is 15.1. The Morgan fingerprint density at radius 2 is 1.74 bits per heavy atom. The standard InChI is InChI=1S/C45H51F2N9O5/c1-25-7-6-16-61-44-33(23-48-54(44)5)36-21-29(18-27(3)49-36)41(58)52-45-50-37-17-26(2)32(22-38(37)56(45)24-25)43(60)53(4)30-11-14-55(15-12-30)13-10-28-19-34(46)40(35(47)20-28)31-8-9-39(57)51-42(31)59/h17-23,25,30-31H,6-16,24H2,1-5H3,(H,50,52,58)(H,51,57,59)/t25-,31-/m1/s1. The summed E-state index contributed by atoms with van der Waals surface area (Å²) in [5, 5.41) is 9.94. The second kappa shape index (κ2) is 17.1. The summed E-state index contributed by atoms with van der Waals surface area (Å²) in [6.45, 7) is 8.93. The number of amides is 4. The van der Waals surface area contributed by atoms with Crippen LogP contribution in [0.1, 0.15) is 94.5 Å². The number of aromatic nitrogens is 3. The Balaban J connectivity index is 0.947. The van der Waals surface area contributed by atoms with E-state index >= 15 is 8.78 Å². The van der Waals surface area contributed by atoms with Crippen LogP contribution in [0.4, 0.5) is 20.2 Å². The first-order valence-corrected chi connectivity index (χ1v) is 21.0. The van der Waals surface area contributed by atoms with Gasteiger partial charge < -0.3 is 24.8 Å². The van der Waals surface area contributed by atoms with Crippen molar-refractivity contribution < 1.29 is 32.7 Å². The third kappa shape index (κ3) is 8.63. The van der Waals surface area contributed by atoms with E-state index in [1.165, 1.54) is 12.1 Å². The minimum atomic E-state index is -1.03. The molecule has 4 aliphatic heterocycles. The van der Waals surface area contributed by atoms with Crippen molar-refractivity contribution in [3.8, 4) is 17.1 Å². The maximum Gasteiger partial charge on any atom is 0.280 e. The Kier molecular flexibility index (Phi) is 11.7. The number of hydrogen-bond acceptors (Lipinski definition) is 10. The van der Waals surface area contributed by atoms with Crippen LogP contribution in [0.2, 0.25) is 0 Å². The van der Waals surface area contributed by atoms with Gasteiger partial charge in [0.25, 0.3) is 11.8 Å². The van der Waals surface area contributed by atoms with Crippen LogP contribution in [0.5, 0.6) is 5.88 Å². The van der Waals surface area contributed by atoms with Crippen molar-refractivity contribution in [3.05, 3.63) is 87.7 Å². The lowest BCUT2D eigenvalue weighted by Gasteiger charge is -2.37. The number of carbonyl (C=O) groups is 4. The van der Waals surface area contributed by atoms with E-state index in [1.807, 2.05) is 49.9 Å². The van der Waals surface area contributed by atoms with Gasteiger partial charge in [-0.05, 0) is 106 Å². The topological polar surface area (TPSA) is 154 Å². The van der Waals surface area contributed by atoms with E-state index < -0.39 is 35.3 Å². The van der Waals surface area contributed by atoms with Crippen LogP contribution in [0.25, 0.3) is 11.3 Å². The number of aliphatic imine (C=N–C) groups is 1. The maximum absolute atomic E-state index is 15.1. The molecule has 2 saturated heterocycles. The number of pyridine rings is 1. The van der Waals surface area contributed by atoms with Gasteiger partial charge in [-0.3, -0.25) is 29.5 Å². The highest BCUT2D eigenvalue weighted by Crippen LogP contribution is 2.38. The van der Waals surface area contributed by atoms with E-state index in [-0.39, 0.29) is 36.3 Å². The predicted molar refractivity (Wildman–Crippen MR) is 226 cm³/mol. The molecule has 4 aromatic rings. The van der Waals surface area contributed by atoms with Crippen LogP contribution in [-0.2, 0) is 23.1 Å². The van der Waals surface area contributed by atoms with E-state index in [4.69, 9.17) is 4.74 Å². The second-order valence-corrected chi connectivity index (χ2v) is 16.8. The van der Waals surface area contributed by atoms with Gasteiger partial charge in [0.1, 0.15) is 11.6 Å². The number of aryl methyl sites for hydroxylation is 3. The van der Waals surface area contributed by atoms with Gasteiger partial charge in [-0.2, -0.15) is 10.1 Å². The van der Waals surface area contributed by atoms with Crippen molar-refractivity contribution in [2.45, 2.75) is 77.7 Å². The predicted octanol–water partition coefficient (Wildman–Crippen LogP) is 5.91. The molecule has 0 radical (unpaired) electrons. The van der Waals surface area contributed by atoms with Gasteiger partial charge in [-0.25, -0.2) is 13.5 Å². The molecule has 2 bridgehead atoms. The highest BCUT2D eigenvalue weighted by molar-refractivity contribution is 6.20. The molecule has 61 heavy (non-hydrogen) atoms. The fraction of sp³-hybridized carbons (Fsp3) is 0.444. The third-order valence-electron chi connectivity index (χ3n) is 12.4. The quantitative estimate of drug-likeness (QED) is 0.224. The molecule has 0 saturated carbocycles. The van der Waals surface area contributed by atoms with Crippen molar-refractivity contribution in [1.82, 2.24) is 29.9 Å². The summed E-state index contributed by atoms with van der Waals surface area (Å²) < 4.78 is 38.2. The fourth-order valence-electron chi connectivity index (χ4n) is 8.95. The van der Waals surface area contributed by atoms with Crippen LogP contribution in [-0.4, -0.2) is 100 Å². The molecule has 0 unspecified atom stereocenters. The van der Waals surface area contributed by atoms with Crippen molar-refractivity contribution in [2.75, 3.05) is 50.1 Å². The zero-order valence-electron chi connectivity index (χ0n) is 35.2. The molecule has 0 spiro atoms. The molecular weight excluding hydrogens is 785 g/mol. The molecule has 2 atom stereocenters. The van der Waals surface area contributed by atoms with Gasteiger partial charge in [-0.1, -0.05) is 6.92 Å². The average molecular weight is 836 g/mol. The zero-order valence-corrected chi connectivity index (χ0v) is 35.2. The molecule has 6 heterocycles. The first-order valence-electron chi connectivity index (χ1n) is 21.0. The summed E-state index contributed by atoms with van der Waals surface area (Å²) >= 11 is 0. The lowest BCUT2D eigenvalue weighted by Crippen LogP contribution is -2.46. The molecule has 2 fully saturated rings. The second-order valence-electron chi connectivity index (χ2n) is 16.8. The molecule has 320 valence electrons. The molecule has 2 N–H and O–H groups in total. The van der Waals surface area contributed by atoms with E-state index in [9.17, 15) is 19.2 Å². The number of hydrogen-bond donors (Lipinski definition) is 2. The van der Waals surface area contributed by atoms with Crippen molar-refractivity contribution in [1.29, 1.82) is 0 Å². The zero-order chi connectivity index (χ0) is 43.1. The Bertz CT molecular complexity index is 2420. The third-order valence-corrected chi connectivity index (χ3v) is 12.4. The highest BCUT2D eigenvalue weighted by atomic mass is 19.1. The van der Waals surface area contributed by atoms with Crippen LogP contribution in [0, 0.1) is 31.4 Å². The molecule has 2 aromatic heterocycles. The number of imide groups is 1. The minimum Gasteiger partial charge on any atom is -0.477 e. The summed E-state index contributed by atoms with van der Waals surface area (Å²) in [6.07, 6.45) is 5.32. The molecule has 4 aliphatic rings. The number of nitrogens with zero attached hydrogens (tertiary/aromatic N) is 7. The molecule has 0 aliphatic carbocycles. The number of nitrogens with one attached hydrogen (secondary N) is 2. The summed E-state index contributed by atoms with van der Waals surface area (Å²) in [5.41, 5.74) is 5.43.